The van der Waals surface area contributed by atoms with Crippen LogP contribution in [0.5, 0.6) is 0 Å². The molecule has 2 saturated heterocycles. The van der Waals surface area contributed by atoms with Gasteiger partial charge in [0.1, 0.15) is 35.1 Å². The highest BCUT2D eigenvalue weighted by Crippen LogP contribution is 2.49. The zero-order valence-corrected chi connectivity index (χ0v) is 28.8. The van der Waals surface area contributed by atoms with Crippen molar-refractivity contribution in [1.29, 1.82) is 0 Å². The zero-order valence-electron chi connectivity index (χ0n) is 27.1. The molecular weight excluding hydrogens is 592 g/mol. The number of carbonyl (C=O) groups is 1. The number of nitrogens with zero attached hydrogens (tertiary/aromatic N) is 4. The van der Waals surface area contributed by atoms with E-state index in [2.05, 4.69) is 43.9 Å². The number of rotatable bonds is 6. The van der Waals surface area contributed by atoms with Gasteiger partial charge in [0, 0.05) is 6.04 Å². The number of fused-ring (bicyclic) bond motifs is 2. The topological polar surface area (TPSA) is 117 Å². The molecule has 0 spiro atoms. The first kappa shape index (κ1) is 32.6. The maximum Gasteiger partial charge on any atom is 0.416 e. The lowest BCUT2D eigenvalue weighted by Crippen LogP contribution is -2.44. The van der Waals surface area contributed by atoms with Crippen LogP contribution in [0.1, 0.15) is 86.8 Å². The SMILES string of the molecule is CC(C)(C)OC(=O)N(c1nc(Cl)nn2c(C3(O)O[C@H](CO[Si](C)(C)C(C)(C)C)[C@H]4OC(C)(C)O[C@H]43)ccc12)C1CCCC1. The van der Waals surface area contributed by atoms with Gasteiger partial charge < -0.3 is 28.5 Å². The van der Waals surface area contributed by atoms with Gasteiger partial charge in [-0.15, -0.1) is 5.10 Å². The summed E-state index contributed by atoms with van der Waals surface area (Å²) in [6, 6.07) is 3.35. The summed E-state index contributed by atoms with van der Waals surface area (Å²) >= 11 is 6.51. The van der Waals surface area contributed by atoms with Crippen molar-refractivity contribution in [3.63, 3.8) is 0 Å². The molecule has 4 atom stereocenters. The summed E-state index contributed by atoms with van der Waals surface area (Å²) in [4.78, 5) is 19.7. The summed E-state index contributed by atoms with van der Waals surface area (Å²) in [7, 11) is -2.13. The number of carbonyl (C=O) groups excluding carboxylic acids is 1. The van der Waals surface area contributed by atoms with E-state index < -0.39 is 49.9 Å². The Hall–Kier alpha value is -1.80. The van der Waals surface area contributed by atoms with Crippen molar-refractivity contribution in [2.75, 3.05) is 11.5 Å². The van der Waals surface area contributed by atoms with Crippen LogP contribution in [-0.4, -0.2) is 76.5 Å². The molecule has 2 aromatic rings. The number of ether oxygens (including phenoxy) is 4. The molecule has 5 rings (SSSR count). The van der Waals surface area contributed by atoms with Crippen LogP contribution >= 0.6 is 11.6 Å². The fraction of sp³-hybridized carbons (Fsp3) is 0.767. The third-order valence-electron chi connectivity index (χ3n) is 8.97. The minimum atomic E-state index is -2.13. The number of hydrogen-bond donors (Lipinski definition) is 1. The average molecular weight is 639 g/mol. The summed E-state index contributed by atoms with van der Waals surface area (Å²) in [6.07, 6.45) is 1.03. The number of halogens is 1. The van der Waals surface area contributed by atoms with Crippen molar-refractivity contribution >= 4 is 37.3 Å². The average Bonchev–Trinajstić information content (AvgIpc) is 3.62. The van der Waals surface area contributed by atoms with Crippen LogP contribution in [-0.2, 0) is 29.2 Å². The van der Waals surface area contributed by atoms with Gasteiger partial charge in [0.25, 0.3) is 0 Å². The molecule has 13 heteroatoms. The Morgan fingerprint density at radius 1 is 1.14 bits per heavy atom. The normalized spacial score (nSPS) is 28.0. The molecule has 0 bridgehead atoms. The maximum absolute atomic E-state index is 13.6. The lowest BCUT2D eigenvalue weighted by atomic mass is 10.0. The van der Waals surface area contributed by atoms with Gasteiger partial charge in [-0.25, -0.2) is 9.31 Å². The van der Waals surface area contributed by atoms with E-state index >= 15 is 0 Å². The Kier molecular flexibility index (Phi) is 8.28. The second-order valence-corrected chi connectivity index (χ2v) is 20.1. The highest BCUT2D eigenvalue weighted by molar-refractivity contribution is 6.74. The standard InChI is InChI=1S/C30H47ClN4O7Si/c1-27(2,3)42-26(36)34(18-13-11-12-14-18)24-19-15-16-21(35(19)33-25(31)32-24)30(37)23-22(40-29(7,8)41-23)20(39-30)17-38-43(9,10)28(4,5)6/h15-16,18,20,22-23,37H,11-14,17H2,1-10H3/t20-,22-,23-,30?/m1/s1. The predicted octanol–water partition coefficient (Wildman–Crippen LogP) is 6.15. The van der Waals surface area contributed by atoms with Gasteiger partial charge in [0.2, 0.25) is 11.1 Å². The van der Waals surface area contributed by atoms with E-state index in [9.17, 15) is 9.90 Å². The molecular formula is C30H47ClN4O7Si. The number of hydrogen-bond acceptors (Lipinski definition) is 9. The predicted molar refractivity (Wildman–Crippen MR) is 165 cm³/mol. The summed E-state index contributed by atoms with van der Waals surface area (Å²) in [5.41, 5.74) is 0.0593. The molecule has 1 saturated carbocycles. The van der Waals surface area contributed by atoms with Gasteiger partial charge in [-0.1, -0.05) is 33.6 Å². The van der Waals surface area contributed by atoms with Crippen molar-refractivity contribution in [3.8, 4) is 0 Å². The fourth-order valence-corrected chi connectivity index (χ4v) is 7.03. The maximum atomic E-state index is 13.6. The summed E-state index contributed by atoms with van der Waals surface area (Å²) < 4.78 is 32.7. The molecule has 1 N–H and O–H groups in total. The van der Waals surface area contributed by atoms with Gasteiger partial charge in [0.05, 0.1) is 6.61 Å². The monoisotopic (exact) mass is 638 g/mol. The van der Waals surface area contributed by atoms with Crippen molar-refractivity contribution in [2.45, 2.75) is 141 Å². The molecule has 1 amide bonds. The van der Waals surface area contributed by atoms with Gasteiger partial charge in [-0.05, 0) is 89.3 Å². The molecule has 240 valence electrons. The van der Waals surface area contributed by atoms with Crippen molar-refractivity contribution < 1.29 is 33.3 Å². The third kappa shape index (κ3) is 6.21. The van der Waals surface area contributed by atoms with Gasteiger partial charge >= 0.3 is 6.09 Å². The Bertz CT molecular complexity index is 1360. The van der Waals surface area contributed by atoms with Gasteiger partial charge in [-0.2, -0.15) is 4.98 Å². The number of aromatic nitrogens is 3. The summed E-state index contributed by atoms with van der Waals surface area (Å²) in [6.45, 7) is 20.2. The highest BCUT2D eigenvalue weighted by Gasteiger charge is 2.64. The van der Waals surface area contributed by atoms with E-state index in [1.807, 2.05) is 34.6 Å². The van der Waals surface area contributed by atoms with Crippen LogP contribution in [0, 0.1) is 0 Å². The zero-order chi connectivity index (χ0) is 31.8. The van der Waals surface area contributed by atoms with Crippen molar-refractivity contribution in [3.05, 3.63) is 23.1 Å². The molecule has 43 heavy (non-hydrogen) atoms. The van der Waals surface area contributed by atoms with Gasteiger partial charge in [-0.3, -0.25) is 4.90 Å². The van der Waals surface area contributed by atoms with E-state index in [-0.39, 0.29) is 28.7 Å². The Balaban J connectivity index is 1.55. The van der Waals surface area contributed by atoms with E-state index in [1.54, 1.807) is 17.0 Å². The highest BCUT2D eigenvalue weighted by atomic mass is 35.5. The van der Waals surface area contributed by atoms with Crippen LogP contribution in [0.25, 0.3) is 5.52 Å². The minimum absolute atomic E-state index is 0.00521. The lowest BCUT2D eigenvalue weighted by Gasteiger charge is -2.37. The van der Waals surface area contributed by atoms with Crippen molar-refractivity contribution in [1.82, 2.24) is 14.6 Å². The fourth-order valence-electron chi connectivity index (χ4n) is 5.86. The minimum Gasteiger partial charge on any atom is -0.443 e. The van der Waals surface area contributed by atoms with E-state index in [4.69, 9.17) is 35.0 Å². The van der Waals surface area contributed by atoms with Crippen LogP contribution in [0.4, 0.5) is 10.6 Å². The Morgan fingerprint density at radius 2 is 1.79 bits per heavy atom. The summed E-state index contributed by atoms with van der Waals surface area (Å²) in [5, 5.41) is 16.7. The van der Waals surface area contributed by atoms with Crippen molar-refractivity contribution in [2.24, 2.45) is 0 Å². The molecule has 0 aromatic carbocycles. The van der Waals surface area contributed by atoms with Gasteiger partial charge in [0.15, 0.2) is 19.9 Å². The third-order valence-corrected chi connectivity index (χ3v) is 13.6. The second kappa shape index (κ2) is 10.9. The van der Waals surface area contributed by atoms with Crippen LogP contribution < -0.4 is 4.90 Å². The first-order valence-electron chi connectivity index (χ1n) is 15.2. The largest absolute Gasteiger partial charge is 0.443 e. The Labute approximate surface area is 260 Å². The molecule has 2 aromatic heterocycles. The number of amides is 1. The molecule has 2 aliphatic heterocycles. The molecule has 3 aliphatic rings. The first-order valence-corrected chi connectivity index (χ1v) is 18.5. The quantitative estimate of drug-likeness (QED) is 0.372. The molecule has 11 nitrogen and oxygen atoms in total. The molecule has 1 unspecified atom stereocenters. The van der Waals surface area contributed by atoms with E-state index in [0.717, 1.165) is 25.7 Å². The Morgan fingerprint density at radius 3 is 2.40 bits per heavy atom. The molecule has 4 heterocycles. The number of anilines is 1. The van der Waals surface area contributed by atoms with E-state index in [0.29, 0.717) is 11.3 Å². The second-order valence-electron chi connectivity index (χ2n) is 15.0. The van der Waals surface area contributed by atoms with Crippen LogP contribution in [0.3, 0.4) is 0 Å². The van der Waals surface area contributed by atoms with Crippen LogP contribution in [0.15, 0.2) is 12.1 Å². The smallest absolute Gasteiger partial charge is 0.416 e. The van der Waals surface area contributed by atoms with E-state index in [1.165, 1.54) is 4.52 Å². The number of aliphatic hydroxyl groups is 1. The molecule has 0 radical (unpaired) electrons. The van der Waals surface area contributed by atoms with Crippen LogP contribution in [0.2, 0.25) is 23.4 Å². The lowest BCUT2D eigenvalue weighted by molar-refractivity contribution is -0.285. The summed E-state index contributed by atoms with van der Waals surface area (Å²) in [5.74, 6) is -2.60. The first-order chi connectivity index (χ1) is 19.7. The molecule has 3 fully saturated rings. The molecule has 1 aliphatic carbocycles.